The van der Waals surface area contributed by atoms with Gasteiger partial charge in [0.1, 0.15) is 0 Å². The zero-order valence-corrected chi connectivity index (χ0v) is 3.29. The Kier molecular flexibility index (Phi) is 12200. The van der Waals surface area contributed by atoms with Crippen LogP contribution in [0, 0.1) is 0 Å². The highest BCUT2D eigenvalue weighted by Crippen LogP contribution is 0.469. The molecule has 0 aliphatic rings. The lowest BCUT2D eigenvalue weighted by Gasteiger charge is -1.00. The van der Waals surface area contributed by atoms with E-state index in [4.69, 9.17) is 4.46 Å². The summed E-state index contributed by atoms with van der Waals surface area (Å²) < 4.78 is 8.06. The molecule has 0 rings (SSSR count). The van der Waals surface area contributed by atoms with Gasteiger partial charge in [0, 0.05) is 0 Å². The highest BCUT2D eigenvalue weighted by atomic mass is 28.1. The summed E-state index contributed by atoms with van der Waals surface area (Å²) in [6, 6.07) is 0. The van der Waals surface area contributed by atoms with E-state index < -0.39 is 0 Å². The first kappa shape index (κ1) is 40.1. The fourth-order valence-electron chi connectivity index (χ4n) is 0. The van der Waals surface area contributed by atoms with Gasteiger partial charge in [-0.05, 0) is 0 Å². The summed E-state index contributed by atoms with van der Waals surface area (Å²) in [5, 5.41) is 0. The van der Waals surface area contributed by atoms with Crippen molar-refractivity contribution in [2.24, 2.45) is 0 Å². The fraction of sp³-hybridized carbons (Fsp3) is 0. The van der Waals surface area contributed by atoms with E-state index in [1.165, 1.54) is 0 Å². The first-order chi connectivity index (χ1) is 1.00. The smallest absolute Gasteiger partial charge is 0.381 e. The lowest BCUT2D eigenvalue weighted by molar-refractivity contribution is -0.00000192. The third-order valence-corrected chi connectivity index (χ3v) is 0. The van der Waals surface area contributed by atoms with E-state index in [9.17, 15) is 0 Å². The maximum atomic E-state index is 8.06. The molecular formula is H4FNOSi. The minimum atomic E-state index is 0. The van der Waals surface area contributed by atoms with Gasteiger partial charge in [-0.1, -0.05) is 0 Å². The van der Waals surface area contributed by atoms with Crippen molar-refractivity contribution in [3.63, 3.8) is 0 Å². The van der Waals surface area contributed by atoms with E-state index in [0.29, 0.717) is 0 Å². The van der Waals surface area contributed by atoms with Gasteiger partial charge < -0.3 is 15.3 Å². The Morgan fingerprint density at radius 3 is 1.25 bits per heavy atom. The lowest BCUT2D eigenvalue weighted by atomic mass is 14.0. The average molecular weight is 81.1 g/mol. The monoisotopic (exact) mass is 81.0 g/mol. The molecule has 0 amide bonds. The van der Waals surface area contributed by atoms with Crippen molar-refractivity contribution >= 4 is 10.1 Å². The molecule has 0 saturated heterocycles. The average Bonchev–Trinajstić information content (AvgIpc) is 1.00. The first-order valence-corrected chi connectivity index (χ1v) is 0.612. The Balaban J connectivity index is -0.00000000500. The minimum absolute atomic E-state index is 0. The van der Waals surface area contributed by atoms with Crippen LogP contribution in [0.5, 0.6) is 0 Å². The molecule has 2 radical (unpaired) electrons. The van der Waals surface area contributed by atoms with Crippen molar-refractivity contribution in [3.05, 3.63) is 0 Å². The molecule has 4 N–H and O–H groups in total. The lowest BCUT2D eigenvalue weighted by Crippen LogP contribution is -3.00. The van der Waals surface area contributed by atoms with Gasteiger partial charge in [0.25, 0.3) is 0 Å². The van der Waals surface area contributed by atoms with Crippen LogP contribution >= 0.6 is 0 Å². The topological polar surface area (TPSA) is 53.6 Å². The number of hydrogen-bond acceptors (Lipinski definition) is 1. The molecule has 0 spiro atoms. The minimum Gasteiger partial charge on any atom is -1.00 e. The molecule has 0 aliphatic heterocycles. The van der Waals surface area contributed by atoms with E-state index in [2.05, 4.69) is 0 Å². The summed E-state index contributed by atoms with van der Waals surface area (Å²) in [5.41, 5.74) is 0. The molecule has 0 heterocycles. The summed E-state index contributed by atoms with van der Waals surface area (Å²) in [4.78, 5) is 0. The van der Waals surface area contributed by atoms with Crippen molar-refractivity contribution in [1.29, 1.82) is 0 Å². The molecule has 26 valence electrons. The van der Waals surface area contributed by atoms with Crippen LogP contribution in [0.25, 0.3) is 0 Å². The van der Waals surface area contributed by atoms with Gasteiger partial charge in [0.05, 0.1) is 0 Å². The summed E-state index contributed by atoms with van der Waals surface area (Å²) >= 11 is 0. The zero-order valence-electron chi connectivity index (χ0n) is 2.29. The molecular weight excluding hydrogens is 77.1 g/mol. The standard InChI is InChI=1S/FH.H3N.OSi/c;;1-2/h1H;1H3;. The van der Waals surface area contributed by atoms with Crippen LogP contribution in [-0.2, 0) is 4.46 Å². The Morgan fingerprint density at radius 1 is 1.25 bits per heavy atom. The van der Waals surface area contributed by atoms with Gasteiger partial charge >= 0.3 is 10.1 Å². The van der Waals surface area contributed by atoms with Crippen LogP contribution in [0.3, 0.4) is 0 Å². The maximum Gasteiger partial charge on any atom is 0.381 e. The Hall–Kier alpha value is -0.0931. The molecule has 0 aromatic carbocycles. The van der Waals surface area contributed by atoms with Gasteiger partial charge in [0.15, 0.2) is 0 Å². The first-order valence-electron chi connectivity index (χ1n) is 0.204. The molecule has 0 bridgehead atoms. The highest BCUT2D eigenvalue weighted by molar-refractivity contribution is 5.85. The van der Waals surface area contributed by atoms with Gasteiger partial charge in [-0.15, -0.1) is 0 Å². The van der Waals surface area contributed by atoms with Gasteiger partial charge in [-0.2, -0.15) is 0 Å². The molecule has 4 heteroatoms. The molecule has 0 aromatic heterocycles. The van der Waals surface area contributed by atoms with Gasteiger partial charge in [-0.3, -0.25) is 0 Å². The molecule has 0 atom stereocenters. The molecule has 2 nitrogen and oxygen atoms in total. The summed E-state index contributed by atoms with van der Waals surface area (Å²) in [7, 11) is 1.72. The molecule has 0 fully saturated rings. The van der Waals surface area contributed by atoms with Crippen LogP contribution in [0.15, 0.2) is 0 Å². The molecule has 0 saturated carbocycles. The van der Waals surface area contributed by atoms with Crippen molar-refractivity contribution < 1.29 is 9.17 Å². The summed E-state index contributed by atoms with van der Waals surface area (Å²) in [6.07, 6.45) is 0. The van der Waals surface area contributed by atoms with Crippen molar-refractivity contribution in [2.75, 3.05) is 0 Å². The third kappa shape index (κ3) is 181. The van der Waals surface area contributed by atoms with E-state index in [1.807, 2.05) is 0 Å². The number of halogens is 1. The summed E-state index contributed by atoms with van der Waals surface area (Å²) in [5.74, 6) is 0. The van der Waals surface area contributed by atoms with E-state index >= 15 is 0 Å². The van der Waals surface area contributed by atoms with Crippen LogP contribution in [-0.4, -0.2) is 10.1 Å². The Morgan fingerprint density at radius 2 is 1.25 bits per heavy atom. The Bertz CT molecular complexity index is 8.00. The highest BCUT2D eigenvalue weighted by Gasteiger charge is 0.803. The maximum absolute atomic E-state index is 8.06. The molecule has 0 unspecified atom stereocenters. The van der Waals surface area contributed by atoms with E-state index in [-0.39, 0.29) is 10.9 Å². The second-order valence-corrected chi connectivity index (χ2v) is 0. The van der Waals surface area contributed by atoms with Crippen LogP contribution in [0.2, 0.25) is 0 Å². The number of quaternary nitrogens is 1. The number of hydrogen-bond donors (Lipinski definition) is 1. The zero-order chi connectivity index (χ0) is 2.00. The number of rotatable bonds is 0. The second-order valence-electron chi connectivity index (χ2n) is 0. The predicted octanol–water partition coefficient (Wildman–Crippen LogP) is -3.12. The van der Waals surface area contributed by atoms with Crippen LogP contribution in [0.1, 0.15) is 0 Å². The normalized spacial score (nSPS) is 1.00. The van der Waals surface area contributed by atoms with Crippen LogP contribution < -0.4 is 10.9 Å². The quantitative estimate of drug-likeness (QED) is 0.308. The molecule has 0 aromatic rings. The third-order valence-electron chi connectivity index (χ3n) is 0. The SMILES string of the molecule is O=[Si].[F-].[NH4+]. The predicted molar refractivity (Wildman–Crippen MR) is 12.4 cm³/mol. The van der Waals surface area contributed by atoms with E-state index in [1.54, 1.807) is 10.1 Å². The van der Waals surface area contributed by atoms with Crippen molar-refractivity contribution in [2.45, 2.75) is 0 Å². The van der Waals surface area contributed by atoms with Crippen molar-refractivity contribution in [3.8, 4) is 0 Å². The van der Waals surface area contributed by atoms with Crippen molar-refractivity contribution in [1.82, 2.24) is 6.15 Å². The largest absolute Gasteiger partial charge is 1.00 e. The second kappa shape index (κ2) is 1220. The van der Waals surface area contributed by atoms with Crippen LogP contribution in [0.4, 0.5) is 0 Å². The molecule has 4 heavy (non-hydrogen) atoms. The Labute approximate surface area is 26.6 Å². The van der Waals surface area contributed by atoms with Gasteiger partial charge in [-0.25, -0.2) is 0 Å². The molecule has 0 aliphatic carbocycles. The fourth-order valence-corrected chi connectivity index (χ4v) is 0. The van der Waals surface area contributed by atoms with Gasteiger partial charge in [0.2, 0.25) is 0 Å². The summed E-state index contributed by atoms with van der Waals surface area (Å²) in [6.45, 7) is 0. The van der Waals surface area contributed by atoms with E-state index in [0.717, 1.165) is 0 Å².